The molecule has 0 aliphatic carbocycles. The summed E-state index contributed by atoms with van der Waals surface area (Å²) >= 11 is 0. The number of nitrogens with zero attached hydrogens (tertiary/aromatic N) is 3. The number of likely N-dealkylation sites (tertiary alicyclic amines) is 1. The summed E-state index contributed by atoms with van der Waals surface area (Å²) in [6.45, 7) is 15.6. The number of guanidine groups is 1. The maximum absolute atomic E-state index is 5.38. The summed E-state index contributed by atoms with van der Waals surface area (Å²) in [5.74, 6) is 1.68. The number of ether oxygens (including phenoxy) is 1. The normalized spacial score (nSPS) is 23.6. The van der Waals surface area contributed by atoms with Gasteiger partial charge in [-0.05, 0) is 32.4 Å². The molecule has 23 heavy (non-hydrogen) atoms. The fourth-order valence-electron chi connectivity index (χ4n) is 3.07. The molecule has 0 aromatic carbocycles. The van der Waals surface area contributed by atoms with Crippen molar-refractivity contribution in [1.29, 1.82) is 0 Å². The largest absolute Gasteiger partial charge is 0.379 e. The van der Waals surface area contributed by atoms with Gasteiger partial charge in [0.15, 0.2) is 5.96 Å². The lowest BCUT2D eigenvalue weighted by atomic mass is 10.1. The maximum atomic E-state index is 5.38. The van der Waals surface area contributed by atoms with E-state index >= 15 is 0 Å². The monoisotopic (exact) mass is 439 g/mol. The molecular weight excluding hydrogens is 405 g/mol. The third kappa shape index (κ3) is 8.00. The molecule has 2 heterocycles. The average molecular weight is 439 g/mol. The molecule has 2 saturated heterocycles. The lowest BCUT2D eigenvalue weighted by molar-refractivity contribution is 0.0389. The summed E-state index contributed by atoms with van der Waals surface area (Å²) in [7, 11) is 0. The summed E-state index contributed by atoms with van der Waals surface area (Å²) in [6, 6.07) is 0. The molecule has 7 heteroatoms. The Morgan fingerprint density at radius 1 is 1.13 bits per heavy atom. The van der Waals surface area contributed by atoms with E-state index in [0.29, 0.717) is 0 Å². The second-order valence-corrected chi connectivity index (χ2v) is 6.15. The fourth-order valence-corrected chi connectivity index (χ4v) is 3.07. The zero-order chi connectivity index (χ0) is 15.6. The van der Waals surface area contributed by atoms with Crippen LogP contribution in [0.3, 0.4) is 0 Å². The third-order valence-electron chi connectivity index (χ3n) is 4.49. The highest BCUT2D eigenvalue weighted by Crippen LogP contribution is 2.15. The molecule has 2 rings (SSSR count). The number of hydrogen-bond donors (Lipinski definition) is 2. The first kappa shape index (κ1) is 20.9. The number of morpholine rings is 1. The van der Waals surface area contributed by atoms with Crippen molar-refractivity contribution in [1.82, 2.24) is 20.4 Å². The zero-order valence-electron chi connectivity index (χ0n) is 14.7. The second-order valence-electron chi connectivity index (χ2n) is 6.15. The van der Waals surface area contributed by atoms with Gasteiger partial charge in [-0.2, -0.15) is 0 Å². The van der Waals surface area contributed by atoms with E-state index in [9.17, 15) is 0 Å². The first-order chi connectivity index (χ1) is 10.8. The minimum Gasteiger partial charge on any atom is -0.379 e. The molecule has 0 amide bonds. The van der Waals surface area contributed by atoms with E-state index in [4.69, 9.17) is 9.73 Å². The van der Waals surface area contributed by atoms with Crippen LogP contribution in [-0.4, -0.2) is 87.9 Å². The van der Waals surface area contributed by atoms with Crippen molar-refractivity contribution in [2.24, 2.45) is 10.9 Å². The van der Waals surface area contributed by atoms with Crippen LogP contribution in [-0.2, 0) is 4.74 Å². The lowest BCUT2D eigenvalue weighted by Gasteiger charge is -2.26. The molecule has 0 spiro atoms. The quantitative estimate of drug-likeness (QED) is 0.350. The van der Waals surface area contributed by atoms with Gasteiger partial charge in [0.05, 0.1) is 13.2 Å². The van der Waals surface area contributed by atoms with E-state index in [1.54, 1.807) is 0 Å². The molecule has 0 bridgehead atoms. The van der Waals surface area contributed by atoms with Crippen LogP contribution in [0, 0.1) is 5.92 Å². The molecule has 2 aliphatic rings. The van der Waals surface area contributed by atoms with Gasteiger partial charge in [0.25, 0.3) is 0 Å². The smallest absolute Gasteiger partial charge is 0.191 e. The first-order valence-corrected chi connectivity index (χ1v) is 8.86. The van der Waals surface area contributed by atoms with Crippen LogP contribution in [0.1, 0.15) is 20.3 Å². The number of rotatable bonds is 7. The molecule has 1 atom stereocenters. The molecule has 136 valence electrons. The Morgan fingerprint density at radius 3 is 2.57 bits per heavy atom. The van der Waals surface area contributed by atoms with Crippen LogP contribution >= 0.6 is 24.0 Å². The van der Waals surface area contributed by atoms with Gasteiger partial charge in [-0.25, -0.2) is 0 Å². The molecule has 1 unspecified atom stereocenters. The second kappa shape index (κ2) is 12.3. The Morgan fingerprint density at radius 2 is 1.91 bits per heavy atom. The van der Waals surface area contributed by atoms with Crippen molar-refractivity contribution < 1.29 is 4.74 Å². The van der Waals surface area contributed by atoms with Crippen LogP contribution in [0.25, 0.3) is 0 Å². The maximum Gasteiger partial charge on any atom is 0.191 e. The topological polar surface area (TPSA) is 52.1 Å². The van der Waals surface area contributed by atoms with Crippen LogP contribution in [0.15, 0.2) is 4.99 Å². The summed E-state index contributed by atoms with van der Waals surface area (Å²) in [6.07, 6.45) is 1.28. The number of aliphatic imine (C=N–C) groups is 1. The Bertz CT molecular complexity index is 336. The SMILES string of the molecule is CCNC(=NCC1CCN(CC)C1)NCCN1CCOCC1.I. The van der Waals surface area contributed by atoms with Crippen molar-refractivity contribution in [3.05, 3.63) is 0 Å². The Kier molecular flexibility index (Phi) is 11.2. The molecule has 6 nitrogen and oxygen atoms in total. The summed E-state index contributed by atoms with van der Waals surface area (Å²) in [5, 5.41) is 6.81. The molecule has 0 saturated carbocycles. The van der Waals surface area contributed by atoms with Crippen molar-refractivity contribution in [3.63, 3.8) is 0 Å². The highest BCUT2D eigenvalue weighted by atomic mass is 127. The predicted molar refractivity (Wildman–Crippen MR) is 107 cm³/mol. The molecule has 0 radical (unpaired) electrons. The van der Waals surface area contributed by atoms with Gasteiger partial charge in [0.1, 0.15) is 0 Å². The van der Waals surface area contributed by atoms with E-state index < -0.39 is 0 Å². The van der Waals surface area contributed by atoms with E-state index in [2.05, 4.69) is 34.3 Å². The molecule has 2 fully saturated rings. The number of halogens is 1. The van der Waals surface area contributed by atoms with Crippen molar-refractivity contribution in [2.75, 3.05) is 72.1 Å². The number of hydrogen-bond acceptors (Lipinski definition) is 4. The van der Waals surface area contributed by atoms with Crippen LogP contribution in [0.2, 0.25) is 0 Å². The highest BCUT2D eigenvalue weighted by molar-refractivity contribution is 14.0. The lowest BCUT2D eigenvalue weighted by Crippen LogP contribution is -2.44. The average Bonchev–Trinajstić information content (AvgIpc) is 3.02. The van der Waals surface area contributed by atoms with Gasteiger partial charge >= 0.3 is 0 Å². The Labute approximate surface area is 158 Å². The summed E-state index contributed by atoms with van der Waals surface area (Å²) in [5.41, 5.74) is 0. The predicted octanol–water partition coefficient (Wildman–Crippen LogP) is 0.834. The van der Waals surface area contributed by atoms with Crippen LogP contribution in [0.5, 0.6) is 0 Å². The van der Waals surface area contributed by atoms with E-state index in [1.807, 2.05) is 0 Å². The van der Waals surface area contributed by atoms with Gasteiger partial charge in [-0.3, -0.25) is 9.89 Å². The van der Waals surface area contributed by atoms with Crippen molar-refractivity contribution in [2.45, 2.75) is 20.3 Å². The van der Waals surface area contributed by atoms with Crippen molar-refractivity contribution >= 4 is 29.9 Å². The van der Waals surface area contributed by atoms with E-state index in [1.165, 1.54) is 19.5 Å². The molecule has 2 aliphatic heterocycles. The van der Waals surface area contributed by atoms with Gasteiger partial charge in [0, 0.05) is 45.8 Å². The van der Waals surface area contributed by atoms with Gasteiger partial charge < -0.3 is 20.3 Å². The molecule has 0 aromatic rings. The standard InChI is InChI=1S/C16H33N5O.HI/c1-3-17-16(18-6-8-21-9-11-22-12-10-21)19-13-15-5-7-20(4-2)14-15;/h15H,3-14H2,1-2H3,(H2,17,18,19);1H. The minimum atomic E-state index is 0. The van der Waals surface area contributed by atoms with Crippen LogP contribution < -0.4 is 10.6 Å². The summed E-state index contributed by atoms with van der Waals surface area (Å²) in [4.78, 5) is 9.72. The fraction of sp³-hybridized carbons (Fsp3) is 0.938. The first-order valence-electron chi connectivity index (χ1n) is 8.86. The van der Waals surface area contributed by atoms with E-state index in [0.717, 1.165) is 70.9 Å². The highest BCUT2D eigenvalue weighted by Gasteiger charge is 2.20. The van der Waals surface area contributed by atoms with Gasteiger partial charge in [-0.1, -0.05) is 6.92 Å². The van der Waals surface area contributed by atoms with E-state index in [-0.39, 0.29) is 24.0 Å². The molecular formula is C16H34IN5O. The Balaban J connectivity index is 0.00000264. The third-order valence-corrected chi connectivity index (χ3v) is 4.49. The minimum absolute atomic E-state index is 0. The molecule has 2 N–H and O–H groups in total. The van der Waals surface area contributed by atoms with Crippen LogP contribution in [0.4, 0.5) is 0 Å². The van der Waals surface area contributed by atoms with Gasteiger partial charge in [0.2, 0.25) is 0 Å². The number of nitrogens with one attached hydrogen (secondary N) is 2. The zero-order valence-corrected chi connectivity index (χ0v) is 17.1. The molecule has 0 aromatic heterocycles. The van der Waals surface area contributed by atoms with Gasteiger partial charge in [-0.15, -0.1) is 24.0 Å². The Hall–Kier alpha value is -0.120. The summed E-state index contributed by atoms with van der Waals surface area (Å²) < 4.78 is 5.38. The van der Waals surface area contributed by atoms with Crippen molar-refractivity contribution in [3.8, 4) is 0 Å².